The minimum absolute atomic E-state index is 0. The molecule has 0 atom stereocenters. The number of sulfonamides is 1. The highest BCUT2D eigenvalue weighted by Gasteiger charge is 2.21. The van der Waals surface area contributed by atoms with Crippen LogP contribution >= 0.6 is 12.4 Å². The van der Waals surface area contributed by atoms with Crippen LogP contribution in [0.4, 0.5) is 8.78 Å². The van der Waals surface area contributed by atoms with E-state index in [0.29, 0.717) is 6.54 Å². The smallest absolute Gasteiger partial charge is 0.243 e. The van der Waals surface area contributed by atoms with Gasteiger partial charge in [-0.3, -0.25) is 0 Å². The number of benzene rings is 1. The van der Waals surface area contributed by atoms with E-state index in [-0.39, 0.29) is 19.0 Å². The molecule has 8 heteroatoms. The Morgan fingerprint density at radius 3 is 2.70 bits per heavy atom. The Hall–Kier alpha value is -1.02. The van der Waals surface area contributed by atoms with Crippen molar-refractivity contribution >= 4 is 22.4 Å². The van der Waals surface area contributed by atoms with Crippen molar-refractivity contribution in [1.29, 1.82) is 0 Å². The first-order chi connectivity index (χ1) is 9.00. The highest BCUT2D eigenvalue weighted by Crippen LogP contribution is 2.17. The molecule has 0 spiro atoms. The summed E-state index contributed by atoms with van der Waals surface area (Å²) >= 11 is 0. The average Bonchev–Trinajstić information content (AvgIpc) is 2.41. The van der Waals surface area contributed by atoms with Crippen molar-refractivity contribution in [2.45, 2.75) is 11.3 Å². The molecule has 1 heterocycles. The number of nitrogens with one attached hydrogen (secondary N) is 2. The molecule has 1 aliphatic rings. The Labute approximate surface area is 122 Å². The molecular weight excluding hydrogens is 310 g/mol. The van der Waals surface area contributed by atoms with Gasteiger partial charge in [-0.25, -0.2) is 21.9 Å². The standard InChI is InChI=1S/C12H14F2N2O2S.ClH/c13-10-2-1-3-11(12(10)14)19(17,18)16-8-9-4-6-15-7-5-9;/h1-4,15-16H,5-8H2;1H. The van der Waals surface area contributed by atoms with E-state index < -0.39 is 26.6 Å². The normalized spacial score (nSPS) is 15.4. The average molecular weight is 325 g/mol. The Morgan fingerprint density at radius 1 is 1.30 bits per heavy atom. The van der Waals surface area contributed by atoms with Crippen LogP contribution in [0.1, 0.15) is 6.42 Å². The second kappa shape index (κ2) is 7.12. The molecule has 0 fully saturated rings. The van der Waals surface area contributed by atoms with Crippen molar-refractivity contribution in [3.05, 3.63) is 41.5 Å². The third-order valence-electron chi connectivity index (χ3n) is 2.85. The Kier molecular flexibility index (Phi) is 6.07. The second-order valence-corrected chi connectivity index (χ2v) is 5.93. The largest absolute Gasteiger partial charge is 0.313 e. The van der Waals surface area contributed by atoms with Gasteiger partial charge in [-0.1, -0.05) is 17.7 Å². The Morgan fingerprint density at radius 2 is 2.05 bits per heavy atom. The van der Waals surface area contributed by atoms with Gasteiger partial charge in [0.1, 0.15) is 4.90 Å². The van der Waals surface area contributed by atoms with Gasteiger partial charge in [0.2, 0.25) is 10.0 Å². The van der Waals surface area contributed by atoms with E-state index in [1.165, 1.54) is 0 Å². The SMILES string of the molecule is Cl.O=S(=O)(NCC1=CCNCC1)c1cccc(F)c1F. The van der Waals surface area contributed by atoms with Crippen LogP contribution in [0.2, 0.25) is 0 Å². The molecule has 4 nitrogen and oxygen atoms in total. The first-order valence-corrected chi connectivity index (χ1v) is 7.31. The van der Waals surface area contributed by atoms with Crippen LogP contribution in [0, 0.1) is 11.6 Å². The summed E-state index contributed by atoms with van der Waals surface area (Å²) < 4.78 is 52.5. The molecule has 1 aromatic rings. The van der Waals surface area contributed by atoms with Gasteiger partial charge in [0.15, 0.2) is 11.6 Å². The topological polar surface area (TPSA) is 58.2 Å². The lowest BCUT2D eigenvalue weighted by Gasteiger charge is -2.15. The van der Waals surface area contributed by atoms with Crippen LogP contribution in [-0.4, -0.2) is 28.1 Å². The predicted octanol–water partition coefficient (Wildman–Crippen LogP) is 1.58. The fraction of sp³-hybridized carbons (Fsp3) is 0.333. The maximum atomic E-state index is 13.4. The summed E-state index contributed by atoms with van der Waals surface area (Å²) in [5, 5.41) is 3.10. The molecule has 2 N–H and O–H groups in total. The van der Waals surface area contributed by atoms with Crippen molar-refractivity contribution < 1.29 is 17.2 Å². The molecule has 0 radical (unpaired) electrons. The summed E-state index contributed by atoms with van der Waals surface area (Å²) in [5.74, 6) is -2.53. The molecule has 0 saturated heterocycles. The van der Waals surface area contributed by atoms with Crippen LogP contribution in [0.25, 0.3) is 0 Å². The zero-order chi connectivity index (χ0) is 13.9. The fourth-order valence-corrected chi connectivity index (χ4v) is 2.91. The molecule has 20 heavy (non-hydrogen) atoms. The summed E-state index contributed by atoms with van der Waals surface area (Å²) in [6.45, 7) is 1.58. The molecule has 0 bridgehead atoms. The third kappa shape index (κ3) is 3.99. The Balaban J connectivity index is 0.00000200. The number of hydrogen-bond donors (Lipinski definition) is 2. The first-order valence-electron chi connectivity index (χ1n) is 5.83. The number of rotatable bonds is 4. The molecule has 112 valence electrons. The summed E-state index contributed by atoms with van der Waals surface area (Å²) in [4.78, 5) is -0.665. The number of hydrogen-bond acceptors (Lipinski definition) is 3. The first kappa shape index (κ1) is 17.0. The summed E-state index contributed by atoms with van der Waals surface area (Å²) in [6, 6.07) is 3.08. The van der Waals surface area contributed by atoms with Gasteiger partial charge in [0, 0.05) is 13.1 Å². The highest BCUT2D eigenvalue weighted by atomic mass is 35.5. The quantitative estimate of drug-likeness (QED) is 0.827. The summed E-state index contributed by atoms with van der Waals surface area (Å²) in [7, 11) is -4.04. The van der Waals surface area contributed by atoms with E-state index in [4.69, 9.17) is 0 Å². The van der Waals surface area contributed by atoms with Crippen molar-refractivity contribution in [3.63, 3.8) is 0 Å². The van der Waals surface area contributed by atoms with Crippen molar-refractivity contribution in [2.75, 3.05) is 19.6 Å². The monoisotopic (exact) mass is 324 g/mol. The lowest BCUT2D eigenvalue weighted by Crippen LogP contribution is -2.30. The second-order valence-electron chi connectivity index (χ2n) is 4.19. The van der Waals surface area contributed by atoms with E-state index in [1.807, 2.05) is 6.08 Å². The zero-order valence-electron chi connectivity index (χ0n) is 10.5. The molecule has 0 saturated carbocycles. The van der Waals surface area contributed by atoms with Crippen molar-refractivity contribution in [3.8, 4) is 0 Å². The molecule has 0 aliphatic carbocycles. The van der Waals surface area contributed by atoms with Gasteiger partial charge in [0.25, 0.3) is 0 Å². The van der Waals surface area contributed by atoms with Crippen LogP contribution in [-0.2, 0) is 10.0 Å². The Bertz CT molecular complexity index is 605. The van der Waals surface area contributed by atoms with Crippen molar-refractivity contribution in [2.24, 2.45) is 0 Å². The van der Waals surface area contributed by atoms with Gasteiger partial charge in [0.05, 0.1) is 0 Å². The van der Waals surface area contributed by atoms with Gasteiger partial charge < -0.3 is 5.32 Å². The third-order valence-corrected chi connectivity index (χ3v) is 4.27. The lowest BCUT2D eigenvalue weighted by molar-refractivity contribution is 0.483. The highest BCUT2D eigenvalue weighted by molar-refractivity contribution is 7.89. The molecule has 1 aromatic carbocycles. The lowest BCUT2D eigenvalue weighted by atomic mass is 10.1. The maximum absolute atomic E-state index is 13.4. The zero-order valence-corrected chi connectivity index (χ0v) is 12.2. The molecule has 0 aromatic heterocycles. The maximum Gasteiger partial charge on any atom is 0.243 e. The minimum Gasteiger partial charge on any atom is -0.313 e. The summed E-state index contributed by atoms with van der Waals surface area (Å²) in [6.07, 6.45) is 2.61. The molecule has 0 unspecified atom stereocenters. The molecule has 1 aliphatic heterocycles. The van der Waals surface area contributed by atoms with E-state index in [0.717, 1.165) is 36.7 Å². The van der Waals surface area contributed by atoms with Gasteiger partial charge in [-0.05, 0) is 25.1 Å². The van der Waals surface area contributed by atoms with Gasteiger partial charge >= 0.3 is 0 Å². The molecule has 0 amide bonds. The van der Waals surface area contributed by atoms with Gasteiger partial charge in [-0.15, -0.1) is 12.4 Å². The predicted molar refractivity (Wildman–Crippen MR) is 74.4 cm³/mol. The fourth-order valence-electron chi connectivity index (χ4n) is 1.79. The van der Waals surface area contributed by atoms with E-state index >= 15 is 0 Å². The van der Waals surface area contributed by atoms with E-state index in [9.17, 15) is 17.2 Å². The van der Waals surface area contributed by atoms with Crippen LogP contribution in [0.15, 0.2) is 34.7 Å². The van der Waals surface area contributed by atoms with Crippen LogP contribution < -0.4 is 10.0 Å². The number of halogens is 3. The molecular formula is C12H15ClF2N2O2S. The van der Waals surface area contributed by atoms with Crippen molar-refractivity contribution in [1.82, 2.24) is 10.0 Å². The van der Waals surface area contributed by atoms with Gasteiger partial charge in [-0.2, -0.15) is 0 Å². The van der Waals surface area contributed by atoms with E-state index in [2.05, 4.69) is 10.0 Å². The van der Waals surface area contributed by atoms with Crippen LogP contribution in [0.5, 0.6) is 0 Å². The summed E-state index contributed by atoms with van der Waals surface area (Å²) in [5.41, 5.74) is 0.930. The van der Waals surface area contributed by atoms with Crippen LogP contribution in [0.3, 0.4) is 0 Å². The molecule has 2 rings (SSSR count). The van der Waals surface area contributed by atoms with E-state index in [1.54, 1.807) is 0 Å². The minimum atomic E-state index is -4.04.